The van der Waals surface area contributed by atoms with Crippen molar-refractivity contribution in [1.29, 1.82) is 0 Å². The third-order valence-electron chi connectivity index (χ3n) is 0.904. The van der Waals surface area contributed by atoms with Crippen LogP contribution in [0.5, 0.6) is 0 Å². The summed E-state index contributed by atoms with van der Waals surface area (Å²) in [5.41, 5.74) is 1.02. The molecular formula is C6H7N2. The zero-order valence-electron chi connectivity index (χ0n) is 4.68. The molecule has 41 valence electrons. The fourth-order valence-corrected chi connectivity index (χ4v) is 0.468. The molecule has 1 aromatic rings. The van der Waals surface area contributed by atoms with Crippen LogP contribution in [0.2, 0.25) is 0 Å². The number of nitrogens with zero attached hydrogens (tertiary/aromatic N) is 1. The molecule has 1 N–H and O–H groups in total. The van der Waals surface area contributed by atoms with E-state index in [4.69, 9.17) is 0 Å². The van der Waals surface area contributed by atoms with E-state index in [1.807, 2.05) is 13.1 Å². The lowest BCUT2D eigenvalue weighted by atomic mass is 10.4. The average molecular weight is 107 g/mol. The highest BCUT2D eigenvalue weighted by molar-refractivity contribution is 5.38. The minimum absolute atomic E-state index is 1.02. The maximum Gasteiger partial charge on any atom is 0.0887 e. The van der Waals surface area contributed by atoms with Gasteiger partial charge in [-0.2, -0.15) is 0 Å². The molecule has 0 aliphatic carbocycles. The van der Waals surface area contributed by atoms with Crippen molar-refractivity contribution in [3.05, 3.63) is 24.5 Å². The lowest BCUT2D eigenvalue weighted by Gasteiger charge is -1.92. The first-order chi connectivity index (χ1) is 3.93. The van der Waals surface area contributed by atoms with E-state index in [0.717, 1.165) is 5.69 Å². The van der Waals surface area contributed by atoms with Crippen LogP contribution < -0.4 is 5.32 Å². The van der Waals surface area contributed by atoms with Gasteiger partial charge in [0.05, 0.1) is 18.1 Å². The van der Waals surface area contributed by atoms with Crippen LogP contribution in [0.4, 0.5) is 5.69 Å². The second-order valence-corrected chi connectivity index (χ2v) is 1.43. The zero-order valence-corrected chi connectivity index (χ0v) is 4.68. The summed E-state index contributed by atoms with van der Waals surface area (Å²) >= 11 is 0. The van der Waals surface area contributed by atoms with Gasteiger partial charge in [0.2, 0.25) is 0 Å². The Morgan fingerprint density at radius 2 is 2.62 bits per heavy atom. The number of anilines is 1. The number of rotatable bonds is 1. The Kier molecular flexibility index (Phi) is 1.47. The van der Waals surface area contributed by atoms with Crippen LogP contribution in [0.3, 0.4) is 0 Å². The molecule has 0 atom stereocenters. The molecule has 0 aromatic carbocycles. The Balaban J connectivity index is 2.83. The quantitative estimate of drug-likeness (QED) is 0.577. The SMILES string of the molecule is CNc1cc[c]nc1. The second-order valence-electron chi connectivity index (χ2n) is 1.43. The monoisotopic (exact) mass is 107 g/mol. The van der Waals surface area contributed by atoms with Crippen LogP contribution in [-0.2, 0) is 0 Å². The first kappa shape index (κ1) is 5.09. The predicted octanol–water partition coefficient (Wildman–Crippen LogP) is 0.923. The van der Waals surface area contributed by atoms with Gasteiger partial charge in [-0.05, 0) is 12.1 Å². The summed E-state index contributed by atoms with van der Waals surface area (Å²) in [5, 5.41) is 2.94. The first-order valence-electron chi connectivity index (χ1n) is 2.43. The van der Waals surface area contributed by atoms with Crippen molar-refractivity contribution in [2.24, 2.45) is 0 Å². The van der Waals surface area contributed by atoms with Crippen LogP contribution in [0.1, 0.15) is 0 Å². The molecule has 2 heteroatoms. The number of pyridine rings is 1. The van der Waals surface area contributed by atoms with Crippen molar-refractivity contribution < 1.29 is 0 Å². The molecule has 0 fully saturated rings. The number of nitrogens with one attached hydrogen (secondary N) is 1. The Labute approximate surface area is 48.6 Å². The normalized spacial score (nSPS) is 8.62. The van der Waals surface area contributed by atoms with Gasteiger partial charge in [0, 0.05) is 7.05 Å². The van der Waals surface area contributed by atoms with E-state index in [0.29, 0.717) is 0 Å². The van der Waals surface area contributed by atoms with E-state index < -0.39 is 0 Å². The maximum absolute atomic E-state index is 3.77. The molecule has 1 rings (SSSR count). The predicted molar refractivity (Wildman–Crippen MR) is 32.6 cm³/mol. The van der Waals surface area contributed by atoms with Gasteiger partial charge in [-0.1, -0.05) is 0 Å². The largest absolute Gasteiger partial charge is 0.387 e. The molecule has 1 heterocycles. The molecule has 0 amide bonds. The van der Waals surface area contributed by atoms with Crippen LogP contribution in [0.15, 0.2) is 18.3 Å². The summed E-state index contributed by atoms with van der Waals surface area (Å²) in [7, 11) is 1.86. The third kappa shape index (κ3) is 0.964. The molecule has 2 nitrogen and oxygen atoms in total. The van der Waals surface area contributed by atoms with Crippen LogP contribution in [0.25, 0.3) is 0 Å². The molecule has 0 aliphatic heterocycles. The fraction of sp³-hybridized carbons (Fsp3) is 0.167. The number of aromatic nitrogens is 1. The molecule has 1 radical (unpaired) electrons. The van der Waals surface area contributed by atoms with E-state index in [2.05, 4.69) is 16.5 Å². The molecule has 1 aromatic heterocycles. The molecular weight excluding hydrogens is 100 g/mol. The Bertz CT molecular complexity index is 148. The van der Waals surface area contributed by atoms with Crippen LogP contribution in [-0.4, -0.2) is 12.0 Å². The zero-order chi connectivity index (χ0) is 5.82. The minimum Gasteiger partial charge on any atom is -0.387 e. The molecule has 0 bridgehead atoms. The van der Waals surface area contributed by atoms with E-state index >= 15 is 0 Å². The minimum atomic E-state index is 1.02. The van der Waals surface area contributed by atoms with Crippen LogP contribution >= 0.6 is 0 Å². The summed E-state index contributed by atoms with van der Waals surface area (Å²) in [5.74, 6) is 0. The van der Waals surface area contributed by atoms with Crippen LogP contribution in [0, 0.1) is 6.20 Å². The maximum atomic E-state index is 3.77. The highest BCUT2D eigenvalue weighted by atomic mass is 14.8. The van der Waals surface area contributed by atoms with Crippen molar-refractivity contribution in [2.75, 3.05) is 12.4 Å². The van der Waals surface area contributed by atoms with Gasteiger partial charge < -0.3 is 5.32 Å². The van der Waals surface area contributed by atoms with Crippen molar-refractivity contribution >= 4 is 5.69 Å². The third-order valence-corrected chi connectivity index (χ3v) is 0.904. The summed E-state index contributed by atoms with van der Waals surface area (Å²) in [6.45, 7) is 0. The Morgan fingerprint density at radius 3 is 3.00 bits per heavy atom. The number of hydrogen-bond donors (Lipinski definition) is 1. The van der Waals surface area contributed by atoms with Crippen molar-refractivity contribution in [3.8, 4) is 0 Å². The topological polar surface area (TPSA) is 24.9 Å². The Morgan fingerprint density at radius 1 is 1.75 bits per heavy atom. The molecule has 8 heavy (non-hydrogen) atoms. The van der Waals surface area contributed by atoms with Crippen molar-refractivity contribution in [2.45, 2.75) is 0 Å². The second kappa shape index (κ2) is 2.31. The van der Waals surface area contributed by atoms with Crippen molar-refractivity contribution in [1.82, 2.24) is 4.98 Å². The fourth-order valence-electron chi connectivity index (χ4n) is 0.468. The van der Waals surface area contributed by atoms with Gasteiger partial charge >= 0.3 is 0 Å². The van der Waals surface area contributed by atoms with E-state index in [9.17, 15) is 0 Å². The van der Waals surface area contributed by atoms with Gasteiger partial charge in [0.15, 0.2) is 0 Å². The average Bonchev–Trinajstić information content (AvgIpc) is 1.90. The van der Waals surface area contributed by atoms with Gasteiger partial charge in [0.25, 0.3) is 0 Å². The lowest BCUT2D eigenvalue weighted by molar-refractivity contribution is 1.30. The molecule has 0 saturated carbocycles. The smallest absolute Gasteiger partial charge is 0.0887 e. The summed E-state index contributed by atoms with van der Waals surface area (Å²) in [6.07, 6.45) is 4.40. The standard InChI is InChI=1S/C6H7N2/c1-7-6-3-2-4-8-5-6/h2-3,5,7H,1H3. The molecule has 0 spiro atoms. The van der Waals surface area contributed by atoms with E-state index in [1.54, 1.807) is 12.3 Å². The van der Waals surface area contributed by atoms with Gasteiger partial charge in [0.1, 0.15) is 0 Å². The summed E-state index contributed by atoms with van der Waals surface area (Å²) in [4.78, 5) is 3.77. The highest BCUT2D eigenvalue weighted by Crippen LogP contribution is 1.98. The lowest BCUT2D eigenvalue weighted by Crippen LogP contribution is -1.86. The molecule has 0 aliphatic rings. The van der Waals surface area contributed by atoms with Gasteiger partial charge in [-0.3, -0.25) is 4.98 Å². The highest BCUT2D eigenvalue weighted by Gasteiger charge is 1.79. The molecule has 0 unspecified atom stereocenters. The van der Waals surface area contributed by atoms with Gasteiger partial charge in [-0.25, -0.2) is 0 Å². The molecule has 0 saturated heterocycles. The van der Waals surface area contributed by atoms with Gasteiger partial charge in [-0.15, -0.1) is 0 Å². The summed E-state index contributed by atoms with van der Waals surface area (Å²) in [6, 6.07) is 3.68. The number of hydrogen-bond acceptors (Lipinski definition) is 2. The van der Waals surface area contributed by atoms with Crippen molar-refractivity contribution in [3.63, 3.8) is 0 Å². The summed E-state index contributed by atoms with van der Waals surface area (Å²) < 4.78 is 0. The first-order valence-corrected chi connectivity index (χ1v) is 2.43. The van der Waals surface area contributed by atoms with E-state index in [-0.39, 0.29) is 0 Å². The van der Waals surface area contributed by atoms with E-state index in [1.165, 1.54) is 0 Å². The Hall–Kier alpha value is -1.05.